The third kappa shape index (κ3) is 3.92. The Labute approximate surface area is 161 Å². The van der Waals surface area contributed by atoms with E-state index in [2.05, 4.69) is 4.90 Å². The highest BCUT2D eigenvalue weighted by Crippen LogP contribution is 2.32. The Morgan fingerprint density at radius 3 is 2.31 bits per heavy atom. The topological polar surface area (TPSA) is 32.8 Å². The number of benzene rings is 1. The van der Waals surface area contributed by atoms with Crippen molar-refractivity contribution in [1.29, 1.82) is 0 Å². The van der Waals surface area contributed by atoms with Gasteiger partial charge in [-0.25, -0.2) is 0 Å². The summed E-state index contributed by atoms with van der Waals surface area (Å²) in [6, 6.07) is 7.64. The van der Waals surface area contributed by atoms with Crippen LogP contribution in [0.4, 0.5) is 5.69 Å². The first kappa shape index (κ1) is 18.3. The van der Waals surface area contributed by atoms with Gasteiger partial charge in [-0.3, -0.25) is 9.69 Å². The van der Waals surface area contributed by atoms with E-state index in [0.717, 1.165) is 44.6 Å². The number of halogens is 1. The Balaban J connectivity index is 1.31. The van der Waals surface area contributed by atoms with Gasteiger partial charge in [0.15, 0.2) is 0 Å². The van der Waals surface area contributed by atoms with Gasteiger partial charge in [0, 0.05) is 19.6 Å². The predicted molar refractivity (Wildman–Crippen MR) is 105 cm³/mol. The quantitative estimate of drug-likeness (QED) is 0.787. The Hall–Kier alpha value is -1.10. The van der Waals surface area contributed by atoms with Crippen LogP contribution in [0.1, 0.15) is 51.4 Å². The summed E-state index contributed by atoms with van der Waals surface area (Å²) in [6.45, 7) is 2.68. The maximum atomic E-state index is 13.0. The van der Waals surface area contributed by atoms with Gasteiger partial charge in [-0.1, -0.05) is 43.0 Å². The summed E-state index contributed by atoms with van der Waals surface area (Å²) in [6.07, 6.45) is 10.3. The van der Waals surface area contributed by atoms with E-state index in [1.165, 1.54) is 32.1 Å². The Bertz CT molecular complexity index is 624. The molecule has 1 aliphatic carbocycles. The largest absolute Gasteiger partial charge is 0.375 e. The van der Waals surface area contributed by atoms with Gasteiger partial charge >= 0.3 is 0 Å². The van der Waals surface area contributed by atoms with Gasteiger partial charge in [-0.15, -0.1) is 0 Å². The minimum Gasteiger partial charge on any atom is -0.375 e. The molecule has 5 heteroatoms. The second-order valence-corrected chi connectivity index (χ2v) is 8.28. The smallest absolute Gasteiger partial charge is 0.244 e. The van der Waals surface area contributed by atoms with Gasteiger partial charge in [-0.2, -0.15) is 0 Å². The molecule has 0 bridgehead atoms. The number of rotatable bonds is 4. The minimum atomic E-state index is 0.00176. The number of likely N-dealkylation sites (tertiary alicyclic amines) is 1. The van der Waals surface area contributed by atoms with Crippen LogP contribution in [0.5, 0.6) is 0 Å². The van der Waals surface area contributed by atoms with Crippen LogP contribution < -0.4 is 4.90 Å². The number of anilines is 1. The molecule has 0 aromatic heterocycles. The molecule has 2 saturated heterocycles. The van der Waals surface area contributed by atoms with Gasteiger partial charge < -0.3 is 9.64 Å². The average Bonchev–Trinajstić information content (AvgIpc) is 3.05. The lowest BCUT2D eigenvalue weighted by Gasteiger charge is -2.37. The molecule has 26 heavy (non-hydrogen) atoms. The van der Waals surface area contributed by atoms with Gasteiger partial charge in [0.2, 0.25) is 5.91 Å². The van der Waals surface area contributed by atoms with E-state index >= 15 is 0 Å². The van der Waals surface area contributed by atoms with Crippen LogP contribution in [-0.2, 0) is 9.53 Å². The predicted octanol–water partition coefficient (Wildman–Crippen LogP) is 4.26. The van der Waals surface area contributed by atoms with Crippen molar-refractivity contribution in [2.45, 2.75) is 69.6 Å². The van der Waals surface area contributed by atoms with Crippen molar-refractivity contribution < 1.29 is 9.53 Å². The molecule has 142 valence electrons. The molecule has 0 spiro atoms. The summed E-state index contributed by atoms with van der Waals surface area (Å²) in [7, 11) is 0. The molecule has 1 amide bonds. The molecule has 1 saturated carbocycles. The van der Waals surface area contributed by atoms with E-state index in [0.29, 0.717) is 17.2 Å². The highest BCUT2D eigenvalue weighted by atomic mass is 35.5. The van der Waals surface area contributed by atoms with Crippen molar-refractivity contribution in [2.75, 3.05) is 24.5 Å². The molecular formula is C21H29ClN2O2. The van der Waals surface area contributed by atoms with Crippen molar-refractivity contribution in [1.82, 2.24) is 4.90 Å². The monoisotopic (exact) mass is 376 g/mol. The molecule has 3 aliphatic rings. The summed E-state index contributed by atoms with van der Waals surface area (Å²) in [4.78, 5) is 17.2. The van der Waals surface area contributed by atoms with E-state index in [4.69, 9.17) is 16.3 Å². The molecule has 1 aromatic carbocycles. The van der Waals surface area contributed by atoms with Gasteiger partial charge in [0.25, 0.3) is 0 Å². The summed E-state index contributed by atoms with van der Waals surface area (Å²) in [5.41, 5.74) is 0.845. The number of ether oxygens (including phenoxy) is 1. The first-order chi connectivity index (χ1) is 12.7. The second-order valence-electron chi connectivity index (χ2n) is 7.88. The van der Waals surface area contributed by atoms with Crippen molar-refractivity contribution in [3.63, 3.8) is 0 Å². The molecule has 1 unspecified atom stereocenters. The molecule has 0 N–H and O–H groups in total. The summed E-state index contributed by atoms with van der Waals surface area (Å²) in [5.74, 6) is 0.199. The van der Waals surface area contributed by atoms with Crippen molar-refractivity contribution in [2.24, 2.45) is 0 Å². The number of amides is 1. The fourth-order valence-electron chi connectivity index (χ4n) is 4.71. The third-order valence-electron chi connectivity index (χ3n) is 6.17. The summed E-state index contributed by atoms with van der Waals surface area (Å²) >= 11 is 6.29. The molecule has 1 aromatic rings. The number of piperidine rings is 1. The molecule has 4 rings (SSSR count). The molecule has 4 nitrogen and oxygen atoms in total. The normalized spacial score (nSPS) is 26.6. The highest BCUT2D eigenvalue weighted by Gasteiger charge is 2.38. The van der Waals surface area contributed by atoms with Crippen LogP contribution in [0.2, 0.25) is 5.02 Å². The third-order valence-corrected chi connectivity index (χ3v) is 6.49. The molecular weight excluding hydrogens is 348 g/mol. The van der Waals surface area contributed by atoms with E-state index in [-0.39, 0.29) is 11.9 Å². The van der Waals surface area contributed by atoms with Gasteiger partial charge in [0.05, 0.1) is 29.0 Å². The van der Waals surface area contributed by atoms with Crippen LogP contribution in [0, 0.1) is 0 Å². The zero-order valence-electron chi connectivity index (χ0n) is 15.4. The second kappa shape index (κ2) is 8.28. The Kier molecular flexibility index (Phi) is 5.82. The molecule has 3 fully saturated rings. The van der Waals surface area contributed by atoms with Crippen LogP contribution in [-0.4, -0.2) is 48.7 Å². The van der Waals surface area contributed by atoms with Gasteiger partial charge in [0.1, 0.15) is 0 Å². The van der Waals surface area contributed by atoms with Crippen molar-refractivity contribution in [3.05, 3.63) is 29.3 Å². The number of hydrogen-bond acceptors (Lipinski definition) is 3. The SMILES string of the molecule is O=C1C(N2CCC(OC3CCCCC3)CC2)CCN1c1ccccc1Cl. The zero-order valence-corrected chi connectivity index (χ0v) is 16.2. The number of carbonyl (C=O) groups is 1. The molecule has 2 heterocycles. The number of para-hydroxylation sites is 1. The van der Waals surface area contributed by atoms with E-state index < -0.39 is 0 Å². The number of hydrogen-bond donors (Lipinski definition) is 0. The van der Waals surface area contributed by atoms with Gasteiger partial charge in [-0.05, 0) is 44.2 Å². The van der Waals surface area contributed by atoms with Crippen LogP contribution in [0.25, 0.3) is 0 Å². The molecule has 2 aliphatic heterocycles. The van der Waals surface area contributed by atoms with Crippen LogP contribution in [0.15, 0.2) is 24.3 Å². The fourth-order valence-corrected chi connectivity index (χ4v) is 4.95. The van der Waals surface area contributed by atoms with Crippen LogP contribution >= 0.6 is 11.6 Å². The maximum Gasteiger partial charge on any atom is 0.244 e. The van der Waals surface area contributed by atoms with E-state index in [1.54, 1.807) is 0 Å². The standard InChI is InChI=1S/C21H29ClN2O2/c22-18-8-4-5-9-19(18)24-15-12-20(21(24)25)23-13-10-17(11-14-23)26-16-6-2-1-3-7-16/h4-5,8-9,16-17,20H,1-3,6-7,10-15H2. The lowest BCUT2D eigenvalue weighted by molar-refractivity contribution is -0.123. The maximum absolute atomic E-state index is 13.0. The summed E-state index contributed by atoms with van der Waals surface area (Å²) in [5, 5.41) is 0.654. The highest BCUT2D eigenvalue weighted by molar-refractivity contribution is 6.33. The van der Waals surface area contributed by atoms with Crippen LogP contribution in [0.3, 0.4) is 0 Å². The fraction of sp³-hybridized carbons (Fsp3) is 0.667. The number of carbonyl (C=O) groups excluding carboxylic acids is 1. The average molecular weight is 377 g/mol. The van der Waals surface area contributed by atoms with Crippen molar-refractivity contribution in [3.8, 4) is 0 Å². The lowest BCUT2D eigenvalue weighted by Crippen LogP contribution is -2.47. The molecule has 0 radical (unpaired) electrons. The number of nitrogens with zero attached hydrogens (tertiary/aromatic N) is 2. The minimum absolute atomic E-state index is 0.00176. The zero-order chi connectivity index (χ0) is 17.9. The Morgan fingerprint density at radius 1 is 0.885 bits per heavy atom. The Morgan fingerprint density at radius 2 is 1.58 bits per heavy atom. The first-order valence-electron chi connectivity index (χ1n) is 10.2. The lowest BCUT2D eigenvalue weighted by atomic mass is 9.97. The van der Waals surface area contributed by atoms with Crippen molar-refractivity contribution >= 4 is 23.2 Å². The van der Waals surface area contributed by atoms with E-state index in [9.17, 15) is 4.79 Å². The summed E-state index contributed by atoms with van der Waals surface area (Å²) < 4.78 is 6.34. The first-order valence-corrected chi connectivity index (χ1v) is 10.6. The van der Waals surface area contributed by atoms with E-state index in [1.807, 2.05) is 29.2 Å². The molecule has 1 atom stereocenters.